The van der Waals surface area contributed by atoms with Crippen molar-refractivity contribution in [1.29, 1.82) is 0 Å². The van der Waals surface area contributed by atoms with Crippen molar-refractivity contribution in [3.63, 3.8) is 0 Å². The van der Waals surface area contributed by atoms with E-state index in [4.69, 9.17) is 4.74 Å². The summed E-state index contributed by atoms with van der Waals surface area (Å²) >= 11 is 4.54. The van der Waals surface area contributed by atoms with Crippen LogP contribution in [0.15, 0.2) is 22.0 Å². The first-order valence-corrected chi connectivity index (χ1v) is 9.57. The number of thiazole rings is 1. The molecule has 0 atom stereocenters. The molecule has 0 aliphatic rings. The number of hydrogen-bond acceptors (Lipinski definition) is 6. The number of halogens is 1. The number of ether oxygens (including phenoxy) is 1. The van der Waals surface area contributed by atoms with E-state index >= 15 is 0 Å². The number of aromatic nitrogens is 1. The minimum absolute atomic E-state index is 0.110. The van der Waals surface area contributed by atoms with E-state index in [-0.39, 0.29) is 17.4 Å². The highest BCUT2D eigenvalue weighted by atomic mass is 79.9. The Hall–Kier alpha value is -2.26. The minimum atomic E-state index is -0.489. The van der Waals surface area contributed by atoms with Crippen LogP contribution in [0.25, 0.3) is 0 Å². The summed E-state index contributed by atoms with van der Waals surface area (Å²) in [6.45, 7) is 5.40. The Morgan fingerprint density at radius 3 is 2.58 bits per heavy atom. The highest BCUT2D eigenvalue weighted by Crippen LogP contribution is 2.36. The second kappa shape index (κ2) is 8.91. The van der Waals surface area contributed by atoms with Crippen molar-refractivity contribution >= 4 is 55.7 Å². The molecule has 0 spiro atoms. The number of benzene rings is 1. The molecule has 0 bridgehead atoms. The van der Waals surface area contributed by atoms with Crippen LogP contribution in [0.3, 0.4) is 0 Å². The normalized spacial score (nSPS) is 10.3. The number of nitrogens with zero attached hydrogens (tertiary/aromatic N) is 1. The monoisotopic (exact) mass is 439 g/mol. The molecule has 0 saturated heterocycles. The number of Topliss-reactive ketones (excluding diaryl/α,β-unsaturated/α-hetero) is 1. The summed E-state index contributed by atoms with van der Waals surface area (Å²) < 4.78 is 6.00. The summed E-state index contributed by atoms with van der Waals surface area (Å²) in [4.78, 5) is 39.9. The maximum absolute atomic E-state index is 12.5. The van der Waals surface area contributed by atoms with E-state index in [1.165, 1.54) is 12.3 Å². The van der Waals surface area contributed by atoms with Crippen LogP contribution >= 0.6 is 27.3 Å². The fourth-order valence-electron chi connectivity index (χ4n) is 2.13. The topological polar surface area (TPSA) is 97.4 Å². The molecule has 2 amide bonds. The molecule has 0 unspecified atom stereocenters. The van der Waals surface area contributed by atoms with Crippen LogP contribution in [-0.2, 0) is 4.79 Å². The average molecular weight is 440 g/mol. The first kappa shape index (κ1) is 20.1. The molecule has 2 aromatic rings. The van der Waals surface area contributed by atoms with Gasteiger partial charge < -0.3 is 15.4 Å². The van der Waals surface area contributed by atoms with E-state index in [0.717, 1.165) is 11.3 Å². The smallest absolute Gasteiger partial charge is 0.275 e. The van der Waals surface area contributed by atoms with Gasteiger partial charge in [0, 0.05) is 24.3 Å². The maximum atomic E-state index is 12.5. The van der Waals surface area contributed by atoms with Gasteiger partial charge in [-0.2, -0.15) is 0 Å². The van der Waals surface area contributed by atoms with Crippen molar-refractivity contribution in [2.24, 2.45) is 0 Å². The number of hydrogen-bond donors (Lipinski definition) is 2. The molecular formula is C17H18BrN3O4S. The molecular weight excluding hydrogens is 422 g/mol. The molecule has 0 aliphatic heterocycles. The van der Waals surface area contributed by atoms with Gasteiger partial charge in [-0.05, 0) is 35.0 Å². The standard InChI is InChI=1S/C17H18BrN3O4S/c1-4-12(23)10-6-7-13(25-5-2)14(18)15(10)21-16(24)11-8-26-17(20-11)19-9(3)22/h6-8H,4-5H2,1-3H3,(H,21,24)(H,19,20,22). The van der Waals surface area contributed by atoms with Crippen LogP contribution in [-0.4, -0.2) is 29.2 Å². The highest BCUT2D eigenvalue weighted by molar-refractivity contribution is 9.10. The van der Waals surface area contributed by atoms with Gasteiger partial charge in [0.2, 0.25) is 5.91 Å². The molecule has 138 valence electrons. The van der Waals surface area contributed by atoms with E-state index in [0.29, 0.717) is 39.6 Å². The largest absolute Gasteiger partial charge is 0.493 e. The van der Waals surface area contributed by atoms with Crippen LogP contribution in [0.2, 0.25) is 0 Å². The second-order valence-corrected chi connectivity index (χ2v) is 6.83. The number of carbonyl (C=O) groups is 3. The van der Waals surface area contributed by atoms with Crippen LogP contribution in [0, 0.1) is 0 Å². The molecule has 1 aromatic carbocycles. The summed E-state index contributed by atoms with van der Waals surface area (Å²) in [5.41, 5.74) is 0.859. The zero-order valence-corrected chi connectivity index (χ0v) is 16.9. The first-order valence-electron chi connectivity index (χ1n) is 7.90. The van der Waals surface area contributed by atoms with Gasteiger partial charge in [0.1, 0.15) is 11.4 Å². The third-order valence-corrected chi connectivity index (χ3v) is 4.83. The Balaban J connectivity index is 2.35. The van der Waals surface area contributed by atoms with Gasteiger partial charge in [-0.1, -0.05) is 6.92 Å². The van der Waals surface area contributed by atoms with Gasteiger partial charge in [0.15, 0.2) is 10.9 Å². The lowest BCUT2D eigenvalue weighted by Gasteiger charge is -2.15. The Kier molecular flexibility index (Phi) is 6.87. The third kappa shape index (κ3) is 4.67. The van der Waals surface area contributed by atoms with Crippen molar-refractivity contribution in [2.45, 2.75) is 27.2 Å². The Morgan fingerprint density at radius 2 is 1.96 bits per heavy atom. The van der Waals surface area contributed by atoms with Gasteiger partial charge >= 0.3 is 0 Å². The summed E-state index contributed by atoms with van der Waals surface area (Å²) in [6.07, 6.45) is 0.298. The summed E-state index contributed by atoms with van der Waals surface area (Å²) in [7, 11) is 0. The molecule has 0 fully saturated rings. The summed E-state index contributed by atoms with van der Waals surface area (Å²) in [6, 6.07) is 3.31. The van der Waals surface area contributed by atoms with E-state index in [1.807, 2.05) is 6.92 Å². The van der Waals surface area contributed by atoms with Crippen LogP contribution in [0.1, 0.15) is 48.0 Å². The quantitative estimate of drug-likeness (QED) is 0.632. The van der Waals surface area contributed by atoms with Gasteiger partial charge in [-0.3, -0.25) is 14.4 Å². The van der Waals surface area contributed by atoms with Crippen molar-refractivity contribution in [3.05, 3.63) is 33.2 Å². The lowest BCUT2D eigenvalue weighted by molar-refractivity contribution is -0.114. The fourth-order valence-corrected chi connectivity index (χ4v) is 3.43. The first-order chi connectivity index (χ1) is 12.4. The highest BCUT2D eigenvalue weighted by Gasteiger charge is 2.20. The Labute approximate surface area is 163 Å². The molecule has 0 aliphatic carbocycles. The van der Waals surface area contributed by atoms with Gasteiger partial charge in [-0.15, -0.1) is 11.3 Å². The lowest BCUT2D eigenvalue weighted by atomic mass is 10.1. The van der Waals surface area contributed by atoms with Crippen LogP contribution in [0.4, 0.5) is 10.8 Å². The number of amides is 2. The number of nitrogens with one attached hydrogen (secondary N) is 2. The maximum Gasteiger partial charge on any atom is 0.275 e. The SMILES string of the molecule is CCOc1ccc(C(=O)CC)c(NC(=O)c2csc(NC(C)=O)n2)c1Br. The number of anilines is 2. The second-order valence-electron chi connectivity index (χ2n) is 5.18. The molecule has 2 N–H and O–H groups in total. The van der Waals surface area contributed by atoms with E-state index < -0.39 is 5.91 Å². The third-order valence-electron chi connectivity index (χ3n) is 3.29. The molecule has 0 saturated carbocycles. The minimum Gasteiger partial charge on any atom is -0.493 e. The molecule has 1 heterocycles. The van der Waals surface area contributed by atoms with Crippen LogP contribution in [0.5, 0.6) is 5.75 Å². The predicted octanol–water partition coefficient (Wildman–Crippen LogP) is 4.11. The molecule has 0 radical (unpaired) electrons. The Bertz CT molecular complexity index is 851. The zero-order chi connectivity index (χ0) is 19.3. The van der Waals surface area contributed by atoms with E-state index in [2.05, 4.69) is 31.5 Å². The zero-order valence-electron chi connectivity index (χ0n) is 14.5. The van der Waals surface area contributed by atoms with Gasteiger partial charge in [-0.25, -0.2) is 4.98 Å². The predicted molar refractivity (Wildman–Crippen MR) is 104 cm³/mol. The van der Waals surface area contributed by atoms with E-state index in [9.17, 15) is 14.4 Å². The van der Waals surface area contributed by atoms with Crippen LogP contribution < -0.4 is 15.4 Å². The average Bonchev–Trinajstić information content (AvgIpc) is 3.05. The molecule has 7 nitrogen and oxygen atoms in total. The number of carbonyl (C=O) groups excluding carboxylic acids is 3. The summed E-state index contributed by atoms with van der Waals surface area (Å²) in [5, 5.41) is 7.10. The van der Waals surface area contributed by atoms with Crippen molar-refractivity contribution < 1.29 is 19.1 Å². The lowest BCUT2D eigenvalue weighted by Crippen LogP contribution is -2.16. The number of rotatable bonds is 7. The van der Waals surface area contributed by atoms with Crippen molar-refractivity contribution in [2.75, 3.05) is 17.2 Å². The molecule has 2 rings (SSSR count). The van der Waals surface area contributed by atoms with E-state index in [1.54, 1.807) is 19.1 Å². The Morgan fingerprint density at radius 1 is 1.23 bits per heavy atom. The van der Waals surface area contributed by atoms with Crippen molar-refractivity contribution in [1.82, 2.24) is 4.98 Å². The molecule has 9 heteroatoms. The van der Waals surface area contributed by atoms with Gasteiger partial charge in [0.05, 0.1) is 16.8 Å². The fraction of sp³-hybridized carbons (Fsp3) is 0.294. The van der Waals surface area contributed by atoms with Crippen molar-refractivity contribution in [3.8, 4) is 5.75 Å². The molecule has 26 heavy (non-hydrogen) atoms. The van der Waals surface area contributed by atoms with Gasteiger partial charge in [0.25, 0.3) is 5.91 Å². The summed E-state index contributed by atoms with van der Waals surface area (Å²) in [5.74, 6) is -0.347. The molecule has 1 aromatic heterocycles. The number of ketones is 1.